The van der Waals surface area contributed by atoms with Crippen LogP contribution in [-0.4, -0.2) is 44.4 Å². The number of ether oxygens (including phenoxy) is 2. The molecule has 1 heterocycles. The molecular formula is C13H22N2O3. The van der Waals surface area contributed by atoms with E-state index < -0.39 is 0 Å². The first-order valence-electron chi connectivity index (χ1n) is 6.98. The lowest BCUT2D eigenvalue weighted by Gasteiger charge is -2.28. The second-order valence-electron chi connectivity index (χ2n) is 5.75. The van der Waals surface area contributed by atoms with Gasteiger partial charge in [-0.1, -0.05) is 0 Å². The minimum absolute atomic E-state index is 0.00230. The lowest BCUT2D eigenvalue weighted by atomic mass is 9.84. The molecule has 2 bridgehead atoms. The maximum absolute atomic E-state index is 12.2. The molecule has 0 spiro atoms. The van der Waals surface area contributed by atoms with E-state index in [2.05, 4.69) is 5.32 Å². The summed E-state index contributed by atoms with van der Waals surface area (Å²) < 4.78 is 10.8. The van der Waals surface area contributed by atoms with Crippen molar-refractivity contribution in [2.45, 2.75) is 31.4 Å². The van der Waals surface area contributed by atoms with Crippen molar-refractivity contribution in [2.75, 3.05) is 26.4 Å². The second-order valence-corrected chi connectivity index (χ2v) is 5.75. The van der Waals surface area contributed by atoms with Gasteiger partial charge in [-0.25, -0.2) is 0 Å². The molecule has 3 fully saturated rings. The molecule has 0 aromatic carbocycles. The molecule has 102 valence electrons. The monoisotopic (exact) mass is 254 g/mol. The minimum Gasteiger partial charge on any atom is -0.376 e. The average molecular weight is 254 g/mol. The van der Waals surface area contributed by atoms with Crippen LogP contribution >= 0.6 is 0 Å². The summed E-state index contributed by atoms with van der Waals surface area (Å²) >= 11 is 0. The quantitative estimate of drug-likeness (QED) is 0.737. The van der Waals surface area contributed by atoms with E-state index in [1.807, 2.05) is 0 Å². The Morgan fingerprint density at radius 3 is 2.78 bits per heavy atom. The summed E-state index contributed by atoms with van der Waals surface area (Å²) in [6.07, 6.45) is 3.51. The number of carbonyl (C=O) groups is 1. The second kappa shape index (κ2) is 5.15. The summed E-state index contributed by atoms with van der Waals surface area (Å²) in [6, 6.07) is 0.0623. The van der Waals surface area contributed by atoms with E-state index in [0.29, 0.717) is 38.2 Å². The highest BCUT2D eigenvalue weighted by Gasteiger charge is 2.49. The van der Waals surface area contributed by atoms with E-state index in [-0.39, 0.29) is 24.0 Å². The Morgan fingerprint density at radius 2 is 2.11 bits per heavy atom. The van der Waals surface area contributed by atoms with Crippen molar-refractivity contribution in [3.63, 3.8) is 0 Å². The van der Waals surface area contributed by atoms with Crippen LogP contribution in [0, 0.1) is 17.8 Å². The van der Waals surface area contributed by atoms with Crippen LogP contribution in [0.2, 0.25) is 0 Å². The first kappa shape index (κ1) is 12.4. The number of hydrogen-bond acceptors (Lipinski definition) is 4. The van der Waals surface area contributed by atoms with Crippen molar-refractivity contribution in [2.24, 2.45) is 23.5 Å². The third kappa shape index (κ3) is 2.27. The first-order chi connectivity index (χ1) is 8.75. The van der Waals surface area contributed by atoms with E-state index in [4.69, 9.17) is 15.2 Å². The predicted molar refractivity (Wildman–Crippen MR) is 65.9 cm³/mol. The van der Waals surface area contributed by atoms with Gasteiger partial charge in [0.05, 0.1) is 31.8 Å². The zero-order valence-corrected chi connectivity index (χ0v) is 10.6. The molecule has 0 radical (unpaired) electrons. The average Bonchev–Trinajstić information content (AvgIpc) is 2.98. The van der Waals surface area contributed by atoms with E-state index in [1.165, 1.54) is 12.8 Å². The molecule has 2 saturated carbocycles. The molecule has 1 aliphatic heterocycles. The van der Waals surface area contributed by atoms with Gasteiger partial charge in [0.1, 0.15) is 0 Å². The Hall–Kier alpha value is -0.650. The molecule has 2 aliphatic carbocycles. The zero-order chi connectivity index (χ0) is 12.5. The molecule has 3 N–H and O–H groups in total. The fourth-order valence-electron chi connectivity index (χ4n) is 3.71. The Bertz CT molecular complexity index is 315. The van der Waals surface area contributed by atoms with Crippen LogP contribution < -0.4 is 11.1 Å². The van der Waals surface area contributed by atoms with Gasteiger partial charge in [0, 0.05) is 12.6 Å². The van der Waals surface area contributed by atoms with Crippen molar-refractivity contribution in [3.8, 4) is 0 Å². The van der Waals surface area contributed by atoms with Gasteiger partial charge in [-0.15, -0.1) is 0 Å². The molecule has 1 amide bonds. The highest BCUT2D eigenvalue weighted by molar-refractivity contribution is 5.80. The summed E-state index contributed by atoms with van der Waals surface area (Å²) in [6.45, 7) is 2.39. The van der Waals surface area contributed by atoms with E-state index in [1.54, 1.807) is 0 Å². The normalized spacial score (nSPS) is 43.1. The van der Waals surface area contributed by atoms with Gasteiger partial charge in [-0.2, -0.15) is 0 Å². The number of hydrogen-bond donors (Lipinski definition) is 2. The first-order valence-corrected chi connectivity index (χ1v) is 6.98. The number of rotatable bonds is 3. The van der Waals surface area contributed by atoms with Crippen LogP contribution in [0.15, 0.2) is 0 Å². The van der Waals surface area contributed by atoms with Gasteiger partial charge >= 0.3 is 0 Å². The Kier molecular flexibility index (Phi) is 3.54. The van der Waals surface area contributed by atoms with E-state index in [0.717, 1.165) is 6.42 Å². The van der Waals surface area contributed by atoms with Crippen LogP contribution in [0.25, 0.3) is 0 Å². The van der Waals surface area contributed by atoms with E-state index >= 15 is 0 Å². The molecule has 3 rings (SSSR count). The van der Waals surface area contributed by atoms with Crippen LogP contribution in [0.1, 0.15) is 19.3 Å². The molecule has 3 aliphatic rings. The van der Waals surface area contributed by atoms with Crippen LogP contribution in [0.5, 0.6) is 0 Å². The fourth-order valence-corrected chi connectivity index (χ4v) is 3.71. The topological polar surface area (TPSA) is 73.6 Å². The smallest absolute Gasteiger partial charge is 0.225 e. The van der Waals surface area contributed by atoms with Crippen molar-refractivity contribution < 1.29 is 14.3 Å². The van der Waals surface area contributed by atoms with Crippen molar-refractivity contribution >= 4 is 5.91 Å². The maximum atomic E-state index is 12.2. The fraction of sp³-hybridized carbons (Fsp3) is 0.923. The molecule has 18 heavy (non-hydrogen) atoms. The van der Waals surface area contributed by atoms with Crippen LogP contribution in [0.4, 0.5) is 0 Å². The summed E-state index contributed by atoms with van der Waals surface area (Å²) in [7, 11) is 0. The van der Waals surface area contributed by atoms with Gasteiger partial charge in [0.15, 0.2) is 0 Å². The summed E-state index contributed by atoms with van der Waals surface area (Å²) in [4.78, 5) is 12.2. The highest BCUT2D eigenvalue weighted by atomic mass is 16.6. The van der Waals surface area contributed by atoms with Crippen molar-refractivity contribution in [1.82, 2.24) is 5.32 Å². The SMILES string of the molecule is NC1C2CCC(C2)C1C(=O)NCC1COCCO1. The molecular weight excluding hydrogens is 232 g/mol. The molecule has 1 saturated heterocycles. The minimum atomic E-state index is -0.00230. The molecule has 0 aromatic heterocycles. The molecule has 5 atom stereocenters. The standard InChI is InChI=1S/C13H22N2O3/c14-12-9-2-1-8(5-9)11(12)13(16)15-6-10-7-17-3-4-18-10/h8-12H,1-7,14H2,(H,15,16). The molecule has 5 unspecified atom stereocenters. The molecule has 5 heteroatoms. The maximum Gasteiger partial charge on any atom is 0.225 e. The Labute approximate surface area is 107 Å². The third-order valence-corrected chi connectivity index (χ3v) is 4.67. The van der Waals surface area contributed by atoms with Gasteiger partial charge in [-0.3, -0.25) is 4.79 Å². The highest BCUT2D eigenvalue weighted by Crippen LogP contribution is 2.47. The number of nitrogens with two attached hydrogens (primary N) is 1. The zero-order valence-electron chi connectivity index (χ0n) is 10.6. The van der Waals surface area contributed by atoms with E-state index in [9.17, 15) is 4.79 Å². The summed E-state index contributed by atoms with van der Waals surface area (Å²) in [5.74, 6) is 1.21. The lowest BCUT2D eigenvalue weighted by Crippen LogP contribution is -2.48. The van der Waals surface area contributed by atoms with Gasteiger partial charge < -0.3 is 20.5 Å². The van der Waals surface area contributed by atoms with Crippen LogP contribution in [-0.2, 0) is 14.3 Å². The van der Waals surface area contributed by atoms with Crippen molar-refractivity contribution in [1.29, 1.82) is 0 Å². The van der Waals surface area contributed by atoms with Gasteiger partial charge in [-0.05, 0) is 31.1 Å². The van der Waals surface area contributed by atoms with Gasteiger partial charge in [0.2, 0.25) is 5.91 Å². The number of fused-ring (bicyclic) bond motifs is 2. The Balaban J connectivity index is 1.49. The molecule has 5 nitrogen and oxygen atoms in total. The van der Waals surface area contributed by atoms with Crippen LogP contribution in [0.3, 0.4) is 0 Å². The van der Waals surface area contributed by atoms with Crippen molar-refractivity contribution in [3.05, 3.63) is 0 Å². The third-order valence-electron chi connectivity index (χ3n) is 4.67. The molecule has 0 aromatic rings. The summed E-state index contributed by atoms with van der Waals surface area (Å²) in [5, 5.41) is 2.99. The Morgan fingerprint density at radius 1 is 1.28 bits per heavy atom. The largest absolute Gasteiger partial charge is 0.376 e. The lowest BCUT2D eigenvalue weighted by molar-refractivity contribution is -0.129. The number of carbonyl (C=O) groups excluding carboxylic acids is 1. The number of amides is 1. The van der Waals surface area contributed by atoms with Gasteiger partial charge in [0.25, 0.3) is 0 Å². The summed E-state index contributed by atoms with van der Waals surface area (Å²) in [5.41, 5.74) is 6.16. The number of nitrogens with one attached hydrogen (secondary N) is 1. The predicted octanol–water partition coefficient (Wildman–Crippen LogP) is -0.109.